The maximum atomic E-state index is 12.3. The molecule has 0 saturated carbocycles. The van der Waals surface area contributed by atoms with Crippen LogP contribution in [0, 0.1) is 0 Å². The van der Waals surface area contributed by atoms with E-state index < -0.39 is 12.0 Å². The first-order valence-electron chi connectivity index (χ1n) is 6.71. The number of carbonyl (C=O) groups excluding carboxylic acids is 1. The van der Waals surface area contributed by atoms with Crippen LogP contribution in [0.1, 0.15) is 23.2 Å². The number of benzene rings is 1. The Morgan fingerprint density at radius 1 is 1.24 bits per heavy atom. The summed E-state index contributed by atoms with van der Waals surface area (Å²) in [4.78, 5) is 23.2. The van der Waals surface area contributed by atoms with Gasteiger partial charge in [-0.2, -0.15) is 0 Å². The van der Waals surface area contributed by atoms with E-state index in [-0.39, 0.29) is 12.2 Å². The van der Waals surface area contributed by atoms with Crippen LogP contribution >= 0.6 is 0 Å². The summed E-state index contributed by atoms with van der Waals surface area (Å²) in [5, 5.41) is 11.9. The van der Waals surface area contributed by atoms with Gasteiger partial charge in [-0.1, -0.05) is 0 Å². The van der Waals surface area contributed by atoms with E-state index >= 15 is 0 Å². The van der Waals surface area contributed by atoms with E-state index in [1.54, 1.807) is 38.5 Å². The number of carboxylic acid groups (broad SMARTS) is 1. The lowest BCUT2D eigenvalue weighted by Gasteiger charge is -2.16. The van der Waals surface area contributed by atoms with Crippen LogP contribution in [-0.2, 0) is 9.53 Å². The first-order valence-corrected chi connectivity index (χ1v) is 6.71. The monoisotopic (exact) mass is 295 g/mol. The van der Waals surface area contributed by atoms with Gasteiger partial charge in [0.25, 0.3) is 0 Å². The molecule has 0 heterocycles. The van der Waals surface area contributed by atoms with Crippen molar-refractivity contribution in [2.75, 3.05) is 27.4 Å². The van der Waals surface area contributed by atoms with Gasteiger partial charge in [-0.25, -0.2) is 0 Å². The Hall–Kier alpha value is -1.92. The van der Waals surface area contributed by atoms with Crippen molar-refractivity contribution in [1.29, 1.82) is 0 Å². The number of rotatable bonds is 10. The Kier molecular flexibility index (Phi) is 7.42. The molecule has 2 N–H and O–H groups in total. The number of methoxy groups -OCH3 is 2. The van der Waals surface area contributed by atoms with Crippen LogP contribution in [0.5, 0.6) is 5.75 Å². The molecule has 6 nitrogen and oxygen atoms in total. The van der Waals surface area contributed by atoms with Crippen molar-refractivity contribution in [3.05, 3.63) is 29.8 Å². The van der Waals surface area contributed by atoms with Crippen LogP contribution in [0.2, 0.25) is 0 Å². The highest BCUT2D eigenvalue weighted by atomic mass is 16.5. The highest BCUT2D eigenvalue weighted by Gasteiger charge is 2.22. The Morgan fingerprint density at radius 3 is 2.43 bits per heavy atom. The van der Waals surface area contributed by atoms with Gasteiger partial charge in [0.2, 0.25) is 0 Å². The maximum Gasteiger partial charge on any atom is 0.305 e. The summed E-state index contributed by atoms with van der Waals surface area (Å²) in [7, 11) is 3.14. The summed E-state index contributed by atoms with van der Waals surface area (Å²) < 4.78 is 9.95. The van der Waals surface area contributed by atoms with E-state index in [0.29, 0.717) is 30.9 Å². The predicted molar refractivity (Wildman–Crippen MR) is 77.9 cm³/mol. The number of carbonyl (C=O) groups is 2. The smallest absolute Gasteiger partial charge is 0.305 e. The minimum atomic E-state index is -1.01. The fourth-order valence-electron chi connectivity index (χ4n) is 1.88. The van der Waals surface area contributed by atoms with E-state index in [1.807, 2.05) is 0 Å². The molecule has 0 aliphatic carbocycles. The fraction of sp³-hybridized carbons (Fsp3) is 0.467. The van der Waals surface area contributed by atoms with Crippen molar-refractivity contribution >= 4 is 11.8 Å². The van der Waals surface area contributed by atoms with E-state index in [4.69, 9.17) is 14.6 Å². The standard InChI is InChI=1S/C15H21NO5/c1-20-9-3-8-16-13(10-14(17)18)15(19)11-4-6-12(21-2)7-5-11/h4-7,13,16H,3,8-10H2,1-2H3,(H,17,18). The molecule has 1 atom stereocenters. The van der Waals surface area contributed by atoms with Crippen molar-refractivity contribution < 1.29 is 24.2 Å². The third-order valence-electron chi connectivity index (χ3n) is 2.99. The molecule has 0 bridgehead atoms. The van der Waals surface area contributed by atoms with E-state index in [0.717, 1.165) is 0 Å². The third kappa shape index (κ3) is 5.93. The molecule has 0 saturated heterocycles. The number of aliphatic carboxylic acids is 1. The predicted octanol–water partition coefficient (Wildman–Crippen LogP) is 1.35. The van der Waals surface area contributed by atoms with E-state index in [2.05, 4.69) is 5.32 Å². The molecule has 6 heteroatoms. The lowest BCUT2D eigenvalue weighted by Crippen LogP contribution is -2.39. The van der Waals surface area contributed by atoms with Crippen LogP contribution in [-0.4, -0.2) is 50.3 Å². The van der Waals surface area contributed by atoms with Gasteiger partial charge in [-0.05, 0) is 37.2 Å². The molecule has 0 spiro atoms. The number of Topliss-reactive ketones (excluding diaryl/α,β-unsaturated/α-hetero) is 1. The second-order valence-electron chi connectivity index (χ2n) is 4.54. The second kappa shape index (κ2) is 9.10. The van der Waals surface area contributed by atoms with Crippen molar-refractivity contribution in [3.8, 4) is 5.75 Å². The second-order valence-corrected chi connectivity index (χ2v) is 4.54. The number of nitrogens with one attached hydrogen (secondary N) is 1. The third-order valence-corrected chi connectivity index (χ3v) is 2.99. The van der Waals surface area contributed by atoms with Gasteiger partial charge >= 0.3 is 5.97 Å². The fourth-order valence-corrected chi connectivity index (χ4v) is 1.88. The number of hydrogen-bond donors (Lipinski definition) is 2. The van der Waals surface area contributed by atoms with Crippen LogP contribution < -0.4 is 10.1 Å². The zero-order valence-electron chi connectivity index (χ0n) is 12.3. The number of carboxylic acids is 1. The van der Waals surface area contributed by atoms with Crippen molar-refractivity contribution in [1.82, 2.24) is 5.32 Å². The van der Waals surface area contributed by atoms with Gasteiger partial charge in [-0.3, -0.25) is 9.59 Å². The first-order chi connectivity index (χ1) is 10.1. The van der Waals surface area contributed by atoms with Gasteiger partial charge in [0.1, 0.15) is 5.75 Å². The summed E-state index contributed by atoms with van der Waals surface area (Å²) in [5.74, 6) is -0.604. The van der Waals surface area contributed by atoms with Crippen LogP contribution in [0.4, 0.5) is 0 Å². The minimum Gasteiger partial charge on any atom is -0.497 e. The topological polar surface area (TPSA) is 84.9 Å². The Bertz CT molecular complexity index is 458. The first kappa shape index (κ1) is 17.1. The molecule has 0 aliphatic heterocycles. The van der Waals surface area contributed by atoms with Crippen LogP contribution in [0.15, 0.2) is 24.3 Å². The maximum absolute atomic E-state index is 12.3. The zero-order chi connectivity index (χ0) is 15.7. The normalized spacial score (nSPS) is 11.9. The SMILES string of the molecule is COCCCNC(CC(=O)O)C(=O)c1ccc(OC)cc1. The summed E-state index contributed by atoms with van der Waals surface area (Å²) in [5.41, 5.74) is 0.460. The quantitative estimate of drug-likeness (QED) is 0.500. The lowest BCUT2D eigenvalue weighted by atomic mass is 10.0. The zero-order valence-corrected chi connectivity index (χ0v) is 12.3. The average Bonchev–Trinajstić information content (AvgIpc) is 2.49. The molecule has 0 radical (unpaired) electrons. The minimum absolute atomic E-state index is 0.238. The summed E-state index contributed by atoms with van der Waals surface area (Å²) in [6.07, 6.45) is 0.459. The molecule has 0 aromatic heterocycles. The molecule has 1 unspecified atom stereocenters. The van der Waals surface area contributed by atoms with Gasteiger partial charge in [0.05, 0.1) is 19.6 Å². The molecule has 1 aromatic rings. The Labute approximate surface area is 124 Å². The van der Waals surface area contributed by atoms with Crippen LogP contribution in [0.3, 0.4) is 0 Å². The highest BCUT2D eigenvalue weighted by Crippen LogP contribution is 2.13. The van der Waals surface area contributed by atoms with E-state index in [9.17, 15) is 9.59 Å². The highest BCUT2D eigenvalue weighted by molar-refractivity contribution is 6.01. The summed E-state index contributed by atoms with van der Waals surface area (Å²) in [6.45, 7) is 1.08. The van der Waals surface area contributed by atoms with Crippen molar-refractivity contribution in [2.24, 2.45) is 0 Å². The van der Waals surface area contributed by atoms with E-state index in [1.165, 1.54) is 0 Å². The Balaban J connectivity index is 2.70. The molecular formula is C15H21NO5. The van der Waals surface area contributed by atoms with Crippen LogP contribution in [0.25, 0.3) is 0 Å². The largest absolute Gasteiger partial charge is 0.497 e. The molecule has 116 valence electrons. The summed E-state index contributed by atoms with van der Waals surface area (Å²) >= 11 is 0. The van der Waals surface area contributed by atoms with Gasteiger partial charge in [-0.15, -0.1) is 0 Å². The van der Waals surface area contributed by atoms with Gasteiger partial charge in [0.15, 0.2) is 5.78 Å². The molecule has 0 amide bonds. The molecule has 1 aromatic carbocycles. The molecule has 0 fully saturated rings. The summed E-state index contributed by atoms with van der Waals surface area (Å²) in [6, 6.07) is 5.87. The van der Waals surface area contributed by atoms with Crippen molar-refractivity contribution in [3.63, 3.8) is 0 Å². The average molecular weight is 295 g/mol. The Morgan fingerprint density at radius 2 is 1.90 bits per heavy atom. The number of ether oxygens (including phenoxy) is 2. The number of ketones is 1. The molecule has 21 heavy (non-hydrogen) atoms. The molecule has 0 aliphatic rings. The molecular weight excluding hydrogens is 274 g/mol. The van der Waals surface area contributed by atoms with Gasteiger partial charge in [0, 0.05) is 19.3 Å². The number of hydrogen-bond acceptors (Lipinski definition) is 5. The lowest BCUT2D eigenvalue weighted by molar-refractivity contribution is -0.137. The van der Waals surface area contributed by atoms with Gasteiger partial charge < -0.3 is 19.9 Å². The van der Waals surface area contributed by atoms with Crippen molar-refractivity contribution in [2.45, 2.75) is 18.9 Å². The molecule has 1 rings (SSSR count).